The summed E-state index contributed by atoms with van der Waals surface area (Å²) in [5.74, 6) is -1.85. The van der Waals surface area contributed by atoms with Gasteiger partial charge in [-0.05, 0) is 44.4 Å². The van der Waals surface area contributed by atoms with Crippen molar-refractivity contribution in [1.29, 1.82) is 0 Å². The number of nitro groups is 1. The average molecular weight is 662 g/mol. The van der Waals surface area contributed by atoms with E-state index in [1.54, 1.807) is 26.0 Å². The van der Waals surface area contributed by atoms with Gasteiger partial charge in [0.05, 0.1) is 49.2 Å². The number of halogens is 1. The second-order valence-corrected chi connectivity index (χ2v) is 12.5. The highest BCUT2D eigenvalue weighted by Crippen LogP contribution is 2.40. The molecule has 47 heavy (non-hydrogen) atoms. The zero-order chi connectivity index (χ0) is 33.4. The van der Waals surface area contributed by atoms with Crippen LogP contribution in [0.2, 0.25) is 0 Å². The second-order valence-electron chi connectivity index (χ2n) is 12.5. The molecule has 2 unspecified atom stereocenters. The highest BCUT2D eigenvalue weighted by molar-refractivity contribution is 6.00. The Balaban J connectivity index is 0.00000600. The van der Waals surface area contributed by atoms with Crippen molar-refractivity contribution in [1.82, 2.24) is 5.32 Å². The van der Waals surface area contributed by atoms with Crippen LogP contribution in [0.25, 0.3) is 0 Å². The number of hydrogen-bond acceptors (Lipinski definition) is 7. The number of nitrogens with zero attached hydrogens (tertiary/aromatic N) is 1. The molecule has 0 radical (unpaired) electrons. The van der Waals surface area contributed by atoms with Crippen LogP contribution in [-0.2, 0) is 19.1 Å². The Kier molecular flexibility index (Phi) is 12.9. The first-order valence-corrected chi connectivity index (χ1v) is 15.6. The van der Waals surface area contributed by atoms with Gasteiger partial charge in [0, 0.05) is 42.3 Å². The van der Waals surface area contributed by atoms with Crippen LogP contribution in [-0.4, -0.2) is 49.7 Å². The van der Waals surface area contributed by atoms with Crippen LogP contribution in [0.15, 0.2) is 107 Å². The lowest BCUT2D eigenvalue weighted by molar-refractivity contribution is -0.880. The van der Waals surface area contributed by atoms with Gasteiger partial charge < -0.3 is 32.1 Å². The van der Waals surface area contributed by atoms with Crippen molar-refractivity contribution < 1.29 is 41.3 Å². The van der Waals surface area contributed by atoms with Gasteiger partial charge in [0.2, 0.25) is 0 Å². The van der Waals surface area contributed by atoms with E-state index < -0.39 is 28.4 Å². The quantitative estimate of drug-likeness (QED) is 0.165. The number of hydrogen-bond donors (Lipinski definition) is 2. The number of non-ortho nitro benzene ring substituents is 1. The smallest absolute Gasteiger partial charge is 0.337 e. The summed E-state index contributed by atoms with van der Waals surface area (Å²) in [6.07, 6.45) is 1.57. The summed E-state index contributed by atoms with van der Waals surface area (Å²) < 4.78 is 11.2. The van der Waals surface area contributed by atoms with Gasteiger partial charge in [0.1, 0.15) is 5.60 Å². The molecule has 250 valence electrons. The molecule has 3 aromatic rings. The molecule has 0 saturated heterocycles. The summed E-state index contributed by atoms with van der Waals surface area (Å²) in [6, 6.07) is 27.0. The lowest BCUT2D eigenvalue weighted by Gasteiger charge is -2.33. The lowest BCUT2D eigenvalue weighted by atomic mass is 9.80. The first-order chi connectivity index (χ1) is 21.9. The minimum atomic E-state index is -0.905. The Hall–Kier alpha value is -4.47. The molecule has 1 aliphatic rings. The molecule has 0 aromatic heterocycles. The van der Waals surface area contributed by atoms with Gasteiger partial charge in [-0.3, -0.25) is 10.1 Å². The molecule has 4 rings (SSSR count). The summed E-state index contributed by atoms with van der Waals surface area (Å²) in [7, 11) is 3.41. The molecule has 0 aliphatic carbocycles. The Morgan fingerprint density at radius 1 is 0.894 bits per heavy atom. The average Bonchev–Trinajstić information content (AvgIpc) is 3.04. The maximum atomic E-state index is 13.9. The number of nitrogens with one attached hydrogen (secondary N) is 2. The van der Waals surface area contributed by atoms with E-state index in [-0.39, 0.29) is 35.2 Å². The van der Waals surface area contributed by atoms with Crippen LogP contribution in [0.4, 0.5) is 5.69 Å². The number of allylic oxidation sites excluding steroid dienone is 2. The minimum Gasteiger partial charge on any atom is -1.00 e. The summed E-state index contributed by atoms with van der Waals surface area (Å²) in [4.78, 5) is 39.3. The molecule has 1 aliphatic heterocycles. The van der Waals surface area contributed by atoms with Crippen LogP contribution in [0.3, 0.4) is 0 Å². The zero-order valence-corrected chi connectivity index (χ0v) is 28.6. The fourth-order valence-corrected chi connectivity index (χ4v) is 6.08. The number of methoxy groups -OCH3 is 1. The number of carbonyl (C=O) groups is 2. The zero-order valence-electron chi connectivity index (χ0n) is 27.8. The molecule has 0 fully saturated rings. The summed E-state index contributed by atoms with van der Waals surface area (Å²) in [5, 5.41) is 14.7. The van der Waals surface area contributed by atoms with Crippen molar-refractivity contribution >= 4 is 17.6 Å². The molecule has 0 spiro atoms. The molecular weight excluding hydrogens is 618 g/mol. The van der Waals surface area contributed by atoms with Gasteiger partial charge in [-0.1, -0.05) is 72.8 Å². The van der Waals surface area contributed by atoms with E-state index in [4.69, 9.17) is 9.47 Å². The molecule has 2 N–H and O–H groups in total. The molecule has 3 aromatic carbocycles. The molecule has 0 bridgehead atoms. The van der Waals surface area contributed by atoms with Gasteiger partial charge in [0.25, 0.3) is 5.69 Å². The van der Waals surface area contributed by atoms with Crippen LogP contribution in [0.5, 0.6) is 0 Å². The molecule has 1 heterocycles. The van der Waals surface area contributed by atoms with E-state index in [9.17, 15) is 19.7 Å². The normalized spacial score (nSPS) is 15.4. The van der Waals surface area contributed by atoms with Crippen LogP contribution >= 0.6 is 0 Å². The fraction of sp³-hybridized carbons (Fsp3) is 0.351. The first kappa shape index (κ1) is 37.0. The van der Waals surface area contributed by atoms with E-state index in [1.807, 2.05) is 26.0 Å². The Morgan fingerprint density at radius 2 is 1.45 bits per heavy atom. The molecule has 10 heteroatoms. The van der Waals surface area contributed by atoms with Gasteiger partial charge in [-0.15, -0.1) is 0 Å². The summed E-state index contributed by atoms with van der Waals surface area (Å²) in [5.41, 5.74) is 3.47. The topological polar surface area (TPSA) is 112 Å². The number of benzene rings is 3. The summed E-state index contributed by atoms with van der Waals surface area (Å²) >= 11 is 0. The highest BCUT2D eigenvalue weighted by Gasteiger charge is 2.40. The Morgan fingerprint density at radius 3 is 1.98 bits per heavy atom. The van der Waals surface area contributed by atoms with Crippen molar-refractivity contribution in [3.05, 3.63) is 134 Å². The number of carbonyl (C=O) groups excluding carboxylic acids is 2. The molecule has 9 nitrogen and oxygen atoms in total. The molecule has 0 saturated carbocycles. The standard InChI is InChI=1S/C37H43N3O6.ClH/c1-25-32(35(41)45-6)34(29-18-13-19-30(24-29)40(43)44)33(26(2)38-25)36(42)46-37(3,4)21-23-39(5)22-20-31(27-14-9-7-10-15-27)28-16-11-8-12-17-28;/h7-19,24,31,34,38H,20-23H2,1-6H3;1H. The molecule has 2 atom stereocenters. The summed E-state index contributed by atoms with van der Waals surface area (Å²) in [6.45, 7) is 8.91. The van der Waals surface area contributed by atoms with Gasteiger partial charge >= 0.3 is 11.9 Å². The van der Waals surface area contributed by atoms with E-state index >= 15 is 0 Å². The SMILES string of the molecule is COC(=O)C1=C(C)NC(C)=C(C(=O)OC(C)(C)CC[NH+](C)CCC(c2ccccc2)c2ccccc2)C1c1cccc([N+](=O)[O-])c1.[Cl-]. The molecular formula is C37H44ClN3O6. The predicted molar refractivity (Wildman–Crippen MR) is 177 cm³/mol. The third-order valence-corrected chi connectivity index (χ3v) is 8.59. The van der Waals surface area contributed by atoms with Crippen molar-refractivity contribution in [2.45, 2.75) is 58.0 Å². The van der Waals surface area contributed by atoms with E-state index in [0.717, 1.165) is 19.5 Å². The third kappa shape index (κ3) is 9.30. The number of ether oxygens (including phenoxy) is 2. The van der Waals surface area contributed by atoms with E-state index in [0.29, 0.717) is 23.4 Å². The fourth-order valence-electron chi connectivity index (χ4n) is 6.08. The monoisotopic (exact) mass is 661 g/mol. The Bertz CT molecular complexity index is 1580. The largest absolute Gasteiger partial charge is 1.00 e. The van der Waals surface area contributed by atoms with Crippen molar-refractivity contribution in [2.24, 2.45) is 0 Å². The maximum absolute atomic E-state index is 13.9. The van der Waals surface area contributed by atoms with Crippen molar-refractivity contribution in [3.63, 3.8) is 0 Å². The lowest BCUT2D eigenvalue weighted by Crippen LogP contribution is -3.09. The minimum absolute atomic E-state index is 0. The van der Waals surface area contributed by atoms with Crippen LogP contribution in [0, 0.1) is 10.1 Å². The van der Waals surface area contributed by atoms with Crippen molar-refractivity contribution in [3.8, 4) is 0 Å². The van der Waals surface area contributed by atoms with E-state index in [1.165, 1.54) is 35.3 Å². The van der Waals surface area contributed by atoms with Crippen LogP contribution < -0.4 is 22.6 Å². The van der Waals surface area contributed by atoms with Gasteiger partial charge in [0.15, 0.2) is 0 Å². The highest BCUT2D eigenvalue weighted by atomic mass is 35.5. The van der Waals surface area contributed by atoms with Gasteiger partial charge in [-0.25, -0.2) is 9.59 Å². The van der Waals surface area contributed by atoms with Crippen molar-refractivity contribution in [2.75, 3.05) is 27.2 Å². The first-order valence-electron chi connectivity index (χ1n) is 15.6. The predicted octanol–water partition coefficient (Wildman–Crippen LogP) is 2.46. The number of esters is 2. The number of quaternary nitrogens is 1. The molecule has 0 amide bonds. The third-order valence-electron chi connectivity index (χ3n) is 8.59. The second kappa shape index (κ2) is 16.4. The number of dihydropyridines is 1. The number of rotatable bonds is 13. The van der Waals surface area contributed by atoms with E-state index in [2.05, 4.69) is 60.9 Å². The number of nitro benzene ring substituents is 1. The maximum Gasteiger partial charge on any atom is 0.337 e. The Labute approximate surface area is 283 Å². The van der Waals surface area contributed by atoms with Crippen LogP contribution in [0.1, 0.15) is 69.1 Å². The van der Waals surface area contributed by atoms with Gasteiger partial charge in [-0.2, -0.15) is 0 Å².